The molecule has 2 rings (SSSR count). The summed E-state index contributed by atoms with van der Waals surface area (Å²) in [7, 11) is 1.54. The van der Waals surface area contributed by atoms with Crippen molar-refractivity contribution in [3.8, 4) is 5.75 Å². The summed E-state index contributed by atoms with van der Waals surface area (Å²) < 4.78 is 7.81. The molecular weight excluding hydrogens is 316 g/mol. The SMILES string of the molecule is COc1cnn(C(C)C)c1C(=O)c1cc(Br)cs1. The Morgan fingerprint density at radius 1 is 1.56 bits per heavy atom. The van der Waals surface area contributed by atoms with Crippen molar-refractivity contribution in [2.45, 2.75) is 19.9 Å². The lowest BCUT2D eigenvalue weighted by atomic mass is 10.2. The zero-order valence-corrected chi connectivity index (χ0v) is 12.7. The minimum Gasteiger partial charge on any atom is -0.493 e. The van der Waals surface area contributed by atoms with E-state index in [1.54, 1.807) is 18.0 Å². The third-order valence-electron chi connectivity index (χ3n) is 2.48. The quantitative estimate of drug-likeness (QED) is 0.806. The summed E-state index contributed by atoms with van der Waals surface area (Å²) in [6, 6.07) is 1.92. The van der Waals surface area contributed by atoms with E-state index in [1.807, 2.05) is 25.3 Å². The summed E-state index contributed by atoms with van der Waals surface area (Å²) in [5.41, 5.74) is 0.502. The largest absolute Gasteiger partial charge is 0.493 e. The first-order chi connectivity index (χ1) is 8.54. The molecule has 0 aliphatic rings. The first-order valence-electron chi connectivity index (χ1n) is 5.44. The lowest BCUT2D eigenvalue weighted by molar-refractivity contribution is 0.102. The van der Waals surface area contributed by atoms with Gasteiger partial charge in [-0.05, 0) is 35.8 Å². The van der Waals surface area contributed by atoms with Gasteiger partial charge in [0.2, 0.25) is 5.78 Å². The molecular formula is C12H13BrN2O2S. The molecule has 0 aliphatic heterocycles. The molecule has 6 heteroatoms. The first kappa shape index (κ1) is 13.3. The number of hydrogen-bond acceptors (Lipinski definition) is 4. The van der Waals surface area contributed by atoms with Gasteiger partial charge >= 0.3 is 0 Å². The number of thiophene rings is 1. The molecule has 0 N–H and O–H groups in total. The van der Waals surface area contributed by atoms with E-state index in [-0.39, 0.29) is 11.8 Å². The predicted octanol–water partition coefficient (Wildman–Crippen LogP) is 3.53. The molecule has 0 saturated carbocycles. The van der Waals surface area contributed by atoms with Crippen LogP contribution in [0.4, 0.5) is 0 Å². The number of methoxy groups -OCH3 is 1. The normalized spacial score (nSPS) is 10.9. The van der Waals surface area contributed by atoms with Gasteiger partial charge in [-0.25, -0.2) is 0 Å². The molecule has 0 spiro atoms. The van der Waals surface area contributed by atoms with Crippen molar-refractivity contribution in [1.29, 1.82) is 0 Å². The fourth-order valence-corrected chi connectivity index (χ4v) is 3.02. The molecule has 0 aromatic carbocycles. The van der Waals surface area contributed by atoms with Gasteiger partial charge in [0.25, 0.3) is 0 Å². The fraction of sp³-hybridized carbons (Fsp3) is 0.333. The summed E-state index contributed by atoms with van der Waals surface area (Å²) in [6.45, 7) is 3.96. The maximum atomic E-state index is 12.5. The Kier molecular flexibility index (Phi) is 3.87. The van der Waals surface area contributed by atoms with Gasteiger partial charge in [-0.2, -0.15) is 5.10 Å². The van der Waals surface area contributed by atoms with Crippen LogP contribution in [0.1, 0.15) is 35.3 Å². The topological polar surface area (TPSA) is 44.1 Å². The molecule has 0 bridgehead atoms. The lowest BCUT2D eigenvalue weighted by Crippen LogP contribution is -2.13. The molecule has 0 atom stereocenters. The summed E-state index contributed by atoms with van der Waals surface area (Å²) in [5.74, 6) is 0.451. The molecule has 18 heavy (non-hydrogen) atoms. The van der Waals surface area contributed by atoms with Crippen molar-refractivity contribution in [2.24, 2.45) is 0 Å². The van der Waals surface area contributed by atoms with Crippen LogP contribution in [0.5, 0.6) is 5.75 Å². The fourth-order valence-electron chi connectivity index (χ4n) is 1.65. The zero-order chi connectivity index (χ0) is 13.3. The van der Waals surface area contributed by atoms with Gasteiger partial charge in [-0.3, -0.25) is 9.48 Å². The summed E-state index contributed by atoms with van der Waals surface area (Å²) >= 11 is 4.75. The monoisotopic (exact) mass is 328 g/mol. The highest BCUT2D eigenvalue weighted by Crippen LogP contribution is 2.28. The second kappa shape index (κ2) is 5.24. The van der Waals surface area contributed by atoms with Gasteiger partial charge in [0.15, 0.2) is 11.4 Å². The summed E-state index contributed by atoms with van der Waals surface area (Å²) in [4.78, 5) is 13.1. The molecule has 0 radical (unpaired) electrons. The van der Waals surface area contributed by atoms with E-state index >= 15 is 0 Å². The first-order valence-corrected chi connectivity index (χ1v) is 7.12. The number of carbonyl (C=O) groups excluding carboxylic acids is 1. The van der Waals surface area contributed by atoms with E-state index in [0.717, 1.165) is 4.47 Å². The van der Waals surface area contributed by atoms with Crippen LogP contribution in [0, 0.1) is 0 Å². The van der Waals surface area contributed by atoms with Crippen LogP contribution >= 0.6 is 27.3 Å². The molecule has 2 heterocycles. The summed E-state index contributed by atoms with van der Waals surface area (Å²) in [6.07, 6.45) is 1.58. The molecule has 0 fully saturated rings. The molecule has 0 unspecified atom stereocenters. The molecule has 0 saturated heterocycles. The van der Waals surface area contributed by atoms with Crippen LogP contribution < -0.4 is 4.74 Å². The van der Waals surface area contributed by atoms with Crippen molar-refractivity contribution in [2.75, 3.05) is 7.11 Å². The third kappa shape index (κ3) is 2.35. The number of aromatic nitrogens is 2. The van der Waals surface area contributed by atoms with Crippen LogP contribution in [0.3, 0.4) is 0 Å². The minimum atomic E-state index is -0.0613. The Morgan fingerprint density at radius 2 is 2.28 bits per heavy atom. The van der Waals surface area contributed by atoms with Crippen molar-refractivity contribution < 1.29 is 9.53 Å². The van der Waals surface area contributed by atoms with Gasteiger partial charge in [-0.1, -0.05) is 0 Å². The van der Waals surface area contributed by atoms with Crippen LogP contribution in [0.15, 0.2) is 22.1 Å². The van der Waals surface area contributed by atoms with Gasteiger partial charge in [0, 0.05) is 15.9 Å². The third-order valence-corrected chi connectivity index (χ3v) is 4.17. The number of rotatable bonds is 4. The van der Waals surface area contributed by atoms with Crippen molar-refractivity contribution >= 4 is 33.0 Å². The molecule has 0 amide bonds. The van der Waals surface area contributed by atoms with E-state index in [4.69, 9.17) is 4.74 Å². The maximum Gasteiger partial charge on any atom is 0.224 e. The van der Waals surface area contributed by atoms with Crippen LogP contribution in [-0.2, 0) is 0 Å². The number of hydrogen-bond donors (Lipinski definition) is 0. The van der Waals surface area contributed by atoms with E-state index in [0.29, 0.717) is 16.3 Å². The molecule has 4 nitrogen and oxygen atoms in total. The van der Waals surface area contributed by atoms with Gasteiger partial charge in [0.05, 0.1) is 18.2 Å². The van der Waals surface area contributed by atoms with E-state index < -0.39 is 0 Å². The Hall–Kier alpha value is -1.14. The number of nitrogens with zero attached hydrogens (tertiary/aromatic N) is 2. The smallest absolute Gasteiger partial charge is 0.224 e. The molecule has 0 aliphatic carbocycles. The standard InChI is InChI=1S/C12H13BrN2O2S/c1-7(2)15-11(9(17-3)5-14-15)12(16)10-4-8(13)6-18-10/h4-7H,1-3H3. The average Bonchev–Trinajstić information content (AvgIpc) is 2.93. The Balaban J connectivity index is 2.49. The Morgan fingerprint density at radius 3 is 2.78 bits per heavy atom. The maximum absolute atomic E-state index is 12.5. The van der Waals surface area contributed by atoms with Crippen molar-refractivity contribution in [3.63, 3.8) is 0 Å². The van der Waals surface area contributed by atoms with Crippen molar-refractivity contribution in [3.05, 3.63) is 32.7 Å². The minimum absolute atomic E-state index is 0.0613. The lowest BCUT2D eigenvalue weighted by Gasteiger charge is -2.10. The second-order valence-corrected chi connectivity index (χ2v) is 5.89. The average molecular weight is 329 g/mol. The second-order valence-electron chi connectivity index (χ2n) is 4.06. The highest BCUT2D eigenvalue weighted by Gasteiger charge is 2.23. The summed E-state index contributed by atoms with van der Waals surface area (Å²) in [5, 5.41) is 6.09. The number of carbonyl (C=O) groups is 1. The van der Waals surface area contributed by atoms with Gasteiger partial charge in [0.1, 0.15) is 0 Å². The van der Waals surface area contributed by atoms with E-state index in [1.165, 1.54) is 11.3 Å². The van der Waals surface area contributed by atoms with Gasteiger partial charge < -0.3 is 4.74 Å². The van der Waals surface area contributed by atoms with Crippen molar-refractivity contribution in [1.82, 2.24) is 9.78 Å². The number of ether oxygens (including phenoxy) is 1. The number of halogens is 1. The van der Waals surface area contributed by atoms with E-state index in [9.17, 15) is 4.79 Å². The van der Waals surface area contributed by atoms with Gasteiger partial charge in [-0.15, -0.1) is 11.3 Å². The Bertz CT molecular complexity index is 574. The molecule has 2 aromatic rings. The van der Waals surface area contributed by atoms with Crippen LogP contribution in [-0.4, -0.2) is 22.7 Å². The highest BCUT2D eigenvalue weighted by molar-refractivity contribution is 9.10. The zero-order valence-electron chi connectivity index (χ0n) is 10.3. The Labute approximate surface area is 118 Å². The molecule has 2 aromatic heterocycles. The van der Waals surface area contributed by atoms with Crippen LogP contribution in [0.25, 0.3) is 0 Å². The molecule has 96 valence electrons. The highest BCUT2D eigenvalue weighted by atomic mass is 79.9. The predicted molar refractivity (Wildman–Crippen MR) is 74.6 cm³/mol. The number of ketones is 1. The van der Waals surface area contributed by atoms with Crippen LogP contribution in [0.2, 0.25) is 0 Å². The van der Waals surface area contributed by atoms with E-state index in [2.05, 4.69) is 21.0 Å².